The second kappa shape index (κ2) is 3.77. The molecule has 18 heavy (non-hydrogen) atoms. The number of aromatic amines is 2. The number of nitrogen functional groups attached to an aromatic ring is 1. The Labute approximate surface area is 103 Å². The maximum atomic E-state index is 11.9. The van der Waals surface area contributed by atoms with Gasteiger partial charge in [-0.1, -0.05) is 18.2 Å². The van der Waals surface area contributed by atoms with Gasteiger partial charge < -0.3 is 15.7 Å². The lowest BCUT2D eigenvalue weighted by molar-refractivity contribution is 1.15. The number of fused-ring (bicyclic) bond motifs is 1. The molecule has 4 nitrogen and oxygen atoms in total. The molecule has 0 unspecified atom stereocenters. The van der Waals surface area contributed by atoms with Crippen molar-refractivity contribution in [1.82, 2.24) is 9.97 Å². The van der Waals surface area contributed by atoms with Gasteiger partial charge in [0.2, 0.25) is 0 Å². The summed E-state index contributed by atoms with van der Waals surface area (Å²) in [4.78, 5) is 17.9. The van der Waals surface area contributed by atoms with E-state index >= 15 is 0 Å². The highest BCUT2D eigenvalue weighted by molar-refractivity contribution is 5.86. The van der Waals surface area contributed by atoms with Crippen LogP contribution in [0.4, 0.5) is 5.69 Å². The van der Waals surface area contributed by atoms with Crippen LogP contribution in [0.3, 0.4) is 0 Å². The Bertz CT molecular complexity index is 750. The molecule has 0 amide bonds. The van der Waals surface area contributed by atoms with Gasteiger partial charge in [-0.2, -0.15) is 0 Å². The molecule has 0 spiro atoms. The monoisotopic (exact) mass is 239 g/mol. The van der Waals surface area contributed by atoms with Crippen molar-refractivity contribution in [3.8, 4) is 11.3 Å². The summed E-state index contributed by atoms with van der Waals surface area (Å²) in [6.07, 6.45) is 0. The first-order valence-corrected chi connectivity index (χ1v) is 5.72. The van der Waals surface area contributed by atoms with E-state index < -0.39 is 0 Å². The minimum absolute atomic E-state index is 0.131. The number of aryl methyl sites for hydroxylation is 1. The third-order valence-electron chi connectivity index (χ3n) is 3.10. The number of nitrogens with one attached hydrogen (secondary N) is 2. The first-order chi connectivity index (χ1) is 8.65. The molecule has 2 heterocycles. The lowest BCUT2D eigenvalue weighted by Gasteiger charge is -2.02. The largest absolute Gasteiger partial charge is 0.397 e. The van der Waals surface area contributed by atoms with Crippen molar-refractivity contribution >= 4 is 16.6 Å². The number of hydrogen-bond acceptors (Lipinski definition) is 2. The Morgan fingerprint density at radius 1 is 1.11 bits per heavy atom. The minimum Gasteiger partial charge on any atom is -0.397 e. The SMILES string of the molecule is Cc1[nH]c(=O)c(-c2cc3ccccc3[nH]2)cc1N. The zero-order valence-corrected chi connectivity index (χ0v) is 9.95. The van der Waals surface area contributed by atoms with Gasteiger partial charge in [0.1, 0.15) is 0 Å². The van der Waals surface area contributed by atoms with Gasteiger partial charge >= 0.3 is 0 Å². The highest BCUT2D eigenvalue weighted by Crippen LogP contribution is 2.23. The van der Waals surface area contributed by atoms with E-state index in [-0.39, 0.29) is 5.56 Å². The molecule has 0 bridgehead atoms. The van der Waals surface area contributed by atoms with Crippen LogP contribution in [0.1, 0.15) is 5.69 Å². The normalized spacial score (nSPS) is 10.9. The third kappa shape index (κ3) is 1.59. The number of rotatable bonds is 1. The van der Waals surface area contributed by atoms with Gasteiger partial charge in [-0.05, 0) is 25.1 Å². The molecular formula is C14H13N3O. The van der Waals surface area contributed by atoms with Crippen LogP contribution in [0, 0.1) is 6.92 Å². The molecule has 3 rings (SSSR count). The summed E-state index contributed by atoms with van der Waals surface area (Å²) in [6, 6.07) is 11.6. The van der Waals surface area contributed by atoms with Gasteiger partial charge in [-0.25, -0.2) is 0 Å². The van der Waals surface area contributed by atoms with Gasteiger partial charge in [0.25, 0.3) is 5.56 Å². The van der Waals surface area contributed by atoms with E-state index in [0.717, 1.165) is 16.6 Å². The molecule has 4 N–H and O–H groups in total. The lowest BCUT2D eigenvalue weighted by Crippen LogP contribution is -2.12. The van der Waals surface area contributed by atoms with Crippen LogP contribution < -0.4 is 11.3 Å². The molecule has 90 valence electrons. The quantitative estimate of drug-likeness (QED) is 0.610. The van der Waals surface area contributed by atoms with Crippen molar-refractivity contribution in [2.45, 2.75) is 6.92 Å². The van der Waals surface area contributed by atoms with Crippen LogP contribution >= 0.6 is 0 Å². The first kappa shape index (κ1) is 10.7. The molecule has 2 aromatic heterocycles. The summed E-state index contributed by atoms with van der Waals surface area (Å²) in [7, 11) is 0. The van der Waals surface area contributed by atoms with Gasteiger partial charge in [-0.3, -0.25) is 4.79 Å². The molecule has 0 aliphatic carbocycles. The molecule has 0 radical (unpaired) electrons. The number of para-hydroxylation sites is 1. The smallest absolute Gasteiger partial charge is 0.257 e. The van der Waals surface area contributed by atoms with E-state index in [1.54, 1.807) is 13.0 Å². The lowest BCUT2D eigenvalue weighted by atomic mass is 10.1. The van der Waals surface area contributed by atoms with Gasteiger partial charge in [0, 0.05) is 16.6 Å². The molecule has 1 aromatic carbocycles. The fourth-order valence-corrected chi connectivity index (χ4v) is 2.06. The first-order valence-electron chi connectivity index (χ1n) is 5.72. The average molecular weight is 239 g/mol. The Morgan fingerprint density at radius 3 is 2.67 bits per heavy atom. The van der Waals surface area contributed by atoms with Crippen LogP contribution in [-0.2, 0) is 0 Å². The molecule has 0 atom stereocenters. The number of hydrogen-bond donors (Lipinski definition) is 3. The third-order valence-corrected chi connectivity index (χ3v) is 3.10. The highest BCUT2D eigenvalue weighted by Gasteiger charge is 2.08. The van der Waals surface area contributed by atoms with Crippen molar-refractivity contribution in [1.29, 1.82) is 0 Å². The number of benzene rings is 1. The Hall–Kier alpha value is -2.49. The molecule has 0 aliphatic heterocycles. The number of pyridine rings is 1. The number of H-pyrrole nitrogens is 2. The van der Waals surface area contributed by atoms with Gasteiger partial charge in [0.05, 0.1) is 16.9 Å². The fraction of sp³-hybridized carbons (Fsp3) is 0.0714. The number of nitrogens with two attached hydrogens (primary N) is 1. The fourth-order valence-electron chi connectivity index (χ4n) is 2.06. The summed E-state index contributed by atoms with van der Waals surface area (Å²) < 4.78 is 0. The van der Waals surface area contributed by atoms with E-state index in [9.17, 15) is 4.79 Å². The van der Waals surface area contributed by atoms with E-state index in [1.807, 2.05) is 30.3 Å². The van der Waals surface area contributed by atoms with Crippen molar-refractivity contribution < 1.29 is 0 Å². The van der Waals surface area contributed by atoms with E-state index in [1.165, 1.54) is 0 Å². The maximum Gasteiger partial charge on any atom is 0.257 e. The van der Waals surface area contributed by atoms with Gasteiger partial charge in [0.15, 0.2) is 0 Å². The number of aromatic nitrogens is 2. The standard InChI is InChI=1S/C14H13N3O/c1-8-11(15)7-10(14(18)16-8)13-6-9-4-2-3-5-12(9)17-13/h2-7,17H,15H2,1H3,(H,16,18). The molecule has 3 aromatic rings. The molecule has 0 aliphatic rings. The van der Waals surface area contributed by atoms with Crippen LogP contribution in [0.2, 0.25) is 0 Å². The van der Waals surface area contributed by atoms with Crippen molar-refractivity contribution in [2.24, 2.45) is 0 Å². The van der Waals surface area contributed by atoms with Crippen molar-refractivity contribution in [3.05, 3.63) is 52.4 Å². The summed E-state index contributed by atoms with van der Waals surface area (Å²) in [5, 5.41) is 1.08. The van der Waals surface area contributed by atoms with Crippen LogP contribution in [0.5, 0.6) is 0 Å². The molecule has 0 saturated carbocycles. The molecule has 4 heteroatoms. The zero-order valence-electron chi connectivity index (χ0n) is 9.95. The minimum atomic E-state index is -0.131. The van der Waals surface area contributed by atoms with Crippen LogP contribution in [-0.4, -0.2) is 9.97 Å². The second-order valence-corrected chi connectivity index (χ2v) is 4.36. The molecule has 0 saturated heterocycles. The van der Waals surface area contributed by atoms with Crippen LogP contribution in [0.15, 0.2) is 41.2 Å². The summed E-state index contributed by atoms with van der Waals surface area (Å²) >= 11 is 0. The summed E-state index contributed by atoms with van der Waals surface area (Å²) in [6.45, 7) is 1.78. The molecular weight excluding hydrogens is 226 g/mol. The van der Waals surface area contributed by atoms with E-state index in [4.69, 9.17) is 5.73 Å². The Balaban J connectivity index is 2.26. The summed E-state index contributed by atoms with van der Waals surface area (Å²) in [5.74, 6) is 0. The summed E-state index contributed by atoms with van der Waals surface area (Å²) in [5.41, 5.74) is 9.34. The molecule has 0 fully saturated rings. The maximum absolute atomic E-state index is 11.9. The predicted octanol–water partition coefficient (Wildman–Crippen LogP) is 2.41. The van der Waals surface area contributed by atoms with Gasteiger partial charge in [-0.15, -0.1) is 0 Å². The average Bonchev–Trinajstić information content (AvgIpc) is 2.77. The van der Waals surface area contributed by atoms with Crippen LogP contribution in [0.25, 0.3) is 22.2 Å². The Morgan fingerprint density at radius 2 is 1.89 bits per heavy atom. The van der Waals surface area contributed by atoms with Crippen molar-refractivity contribution in [3.63, 3.8) is 0 Å². The Kier molecular flexibility index (Phi) is 2.23. The highest BCUT2D eigenvalue weighted by atomic mass is 16.1. The number of anilines is 1. The second-order valence-electron chi connectivity index (χ2n) is 4.36. The van der Waals surface area contributed by atoms with E-state index in [2.05, 4.69) is 9.97 Å². The predicted molar refractivity (Wildman–Crippen MR) is 73.5 cm³/mol. The van der Waals surface area contributed by atoms with Crippen molar-refractivity contribution in [2.75, 3.05) is 5.73 Å². The van der Waals surface area contributed by atoms with E-state index in [0.29, 0.717) is 16.9 Å². The topological polar surface area (TPSA) is 74.7 Å². The zero-order chi connectivity index (χ0) is 12.7.